The standard InChI is InChI=1S/C18H27NO2/c1-12(2)13-4-6-16(19)15(10-13)14-5-7-17-18(11-14)21-9-3-8-20-17/h5,7,11-13,15-16H,3-4,6,8-10,19H2,1-2H3. The first-order valence-corrected chi connectivity index (χ1v) is 8.30. The lowest BCUT2D eigenvalue weighted by Crippen LogP contribution is -2.35. The van der Waals surface area contributed by atoms with Crippen LogP contribution in [0, 0.1) is 11.8 Å². The smallest absolute Gasteiger partial charge is 0.161 e. The average molecular weight is 289 g/mol. The first-order valence-electron chi connectivity index (χ1n) is 8.30. The van der Waals surface area contributed by atoms with Crippen LogP contribution in [0.25, 0.3) is 0 Å². The maximum atomic E-state index is 6.41. The summed E-state index contributed by atoms with van der Waals surface area (Å²) in [5.41, 5.74) is 7.73. The molecule has 1 aliphatic carbocycles. The summed E-state index contributed by atoms with van der Waals surface area (Å²) in [5, 5.41) is 0. The van der Waals surface area contributed by atoms with Crippen LogP contribution in [-0.4, -0.2) is 19.3 Å². The topological polar surface area (TPSA) is 44.5 Å². The minimum Gasteiger partial charge on any atom is -0.490 e. The molecular formula is C18H27NO2. The monoisotopic (exact) mass is 289 g/mol. The van der Waals surface area contributed by atoms with Crippen molar-refractivity contribution in [3.05, 3.63) is 23.8 Å². The maximum absolute atomic E-state index is 6.41. The van der Waals surface area contributed by atoms with E-state index in [1.54, 1.807) is 0 Å². The highest BCUT2D eigenvalue weighted by Gasteiger charge is 2.31. The van der Waals surface area contributed by atoms with Crippen molar-refractivity contribution in [3.8, 4) is 11.5 Å². The van der Waals surface area contributed by atoms with Crippen molar-refractivity contribution in [1.82, 2.24) is 0 Å². The van der Waals surface area contributed by atoms with Crippen LogP contribution in [0.1, 0.15) is 51.0 Å². The summed E-state index contributed by atoms with van der Waals surface area (Å²) >= 11 is 0. The van der Waals surface area contributed by atoms with Crippen LogP contribution in [0.15, 0.2) is 18.2 Å². The number of hydrogen-bond donors (Lipinski definition) is 1. The van der Waals surface area contributed by atoms with Crippen molar-refractivity contribution in [3.63, 3.8) is 0 Å². The Morgan fingerprint density at radius 2 is 1.86 bits per heavy atom. The number of fused-ring (bicyclic) bond motifs is 1. The Bertz CT molecular complexity index is 486. The fourth-order valence-corrected chi connectivity index (χ4v) is 3.63. The summed E-state index contributed by atoms with van der Waals surface area (Å²) in [6, 6.07) is 6.67. The summed E-state index contributed by atoms with van der Waals surface area (Å²) in [6.45, 7) is 6.13. The van der Waals surface area contributed by atoms with E-state index in [4.69, 9.17) is 15.2 Å². The van der Waals surface area contributed by atoms with Gasteiger partial charge in [-0.15, -0.1) is 0 Å². The zero-order valence-electron chi connectivity index (χ0n) is 13.2. The van der Waals surface area contributed by atoms with Gasteiger partial charge in [0.25, 0.3) is 0 Å². The van der Waals surface area contributed by atoms with Gasteiger partial charge in [-0.3, -0.25) is 0 Å². The van der Waals surface area contributed by atoms with Crippen molar-refractivity contribution in [2.75, 3.05) is 13.2 Å². The molecule has 0 radical (unpaired) electrons. The molecule has 3 atom stereocenters. The number of hydrogen-bond acceptors (Lipinski definition) is 3. The maximum Gasteiger partial charge on any atom is 0.161 e. The summed E-state index contributed by atoms with van der Waals surface area (Å²) in [5.74, 6) is 3.74. The molecule has 3 nitrogen and oxygen atoms in total. The van der Waals surface area contributed by atoms with Gasteiger partial charge in [0.15, 0.2) is 11.5 Å². The SMILES string of the molecule is CC(C)C1CCC(N)C(c2ccc3c(c2)OCCCO3)C1. The van der Waals surface area contributed by atoms with Crippen LogP contribution in [0.2, 0.25) is 0 Å². The van der Waals surface area contributed by atoms with Crippen LogP contribution < -0.4 is 15.2 Å². The number of rotatable bonds is 2. The largest absolute Gasteiger partial charge is 0.490 e. The fourth-order valence-electron chi connectivity index (χ4n) is 3.63. The molecule has 3 unspecified atom stereocenters. The Labute approximate surface area is 127 Å². The fraction of sp³-hybridized carbons (Fsp3) is 0.667. The Morgan fingerprint density at radius 1 is 1.10 bits per heavy atom. The van der Waals surface area contributed by atoms with Crippen molar-refractivity contribution in [2.45, 2.75) is 51.5 Å². The summed E-state index contributed by atoms with van der Waals surface area (Å²) in [4.78, 5) is 0. The Morgan fingerprint density at radius 3 is 2.62 bits per heavy atom. The second kappa shape index (κ2) is 6.27. The first kappa shape index (κ1) is 14.7. The van der Waals surface area contributed by atoms with Gasteiger partial charge in [-0.25, -0.2) is 0 Å². The van der Waals surface area contributed by atoms with E-state index in [9.17, 15) is 0 Å². The molecule has 0 spiro atoms. The summed E-state index contributed by atoms with van der Waals surface area (Å²) < 4.78 is 11.5. The van der Waals surface area contributed by atoms with Gasteiger partial charge >= 0.3 is 0 Å². The summed E-state index contributed by atoms with van der Waals surface area (Å²) in [7, 11) is 0. The molecule has 3 rings (SSSR count). The van der Waals surface area contributed by atoms with E-state index < -0.39 is 0 Å². The normalized spacial score (nSPS) is 29.2. The van der Waals surface area contributed by atoms with Crippen LogP contribution in [-0.2, 0) is 0 Å². The quantitative estimate of drug-likeness (QED) is 0.902. The highest BCUT2D eigenvalue weighted by Crippen LogP contribution is 2.41. The number of ether oxygens (including phenoxy) is 2. The van der Waals surface area contributed by atoms with Crippen molar-refractivity contribution < 1.29 is 9.47 Å². The van der Waals surface area contributed by atoms with Crippen LogP contribution in [0.4, 0.5) is 0 Å². The predicted octanol–water partition coefficient (Wildman–Crippen LogP) is 3.71. The van der Waals surface area contributed by atoms with E-state index in [2.05, 4.69) is 32.0 Å². The van der Waals surface area contributed by atoms with E-state index in [1.165, 1.54) is 18.4 Å². The molecule has 1 saturated carbocycles. The second-order valence-electron chi connectivity index (χ2n) is 6.84. The molecule has 1 aromatic carbocycles. The Balaban J connectivity index is 1.83. The molecule has 2 N–H and O–H groups in total. The van der Waals surface area contributed by atoms with Crippen molar-refractivity contribution in [2.24, 2.45) is 17.6 Å². The third-order valence-electron chi connectivity index (χ3n) is 5.09. The van der Waals surface area contributed by atoms with Gasteiger partial charge < -0.3 is 15.2 Å². The van der Waals surface area contributed by atoms with Gasteiger partial charge in [-0.2, -0.15) is 0 Å². The third-order valence-corrected chi connectivity index (χ3v) is 5.09. The minimum atomic E-state index is 0.268. The van der Waals surface area contributed by atoms with Crippen LogP contribution >= 0.6 is 0 Å². The second-order valence-corrected chi connectivity index (χ2v) is 6.84. The zero-order valence-corrected chi connectivity index (χ0v) is 13.2. The molecule has 1 aliphatic heterocycles. The third kappa shape index (κ3) is 3.18. The number of nitrogens with two attached hydrogens (primary N) is 1. The highest BCUT2D eigenvalue weighted by molar-refractivity contribution is 5.44. The lowest BCUT2D eigenvalue weighted by Gasteiger charge is -2.36. The zero-order chi connectivity index (χ0) is 14.8. The lowest BCUT2D eigenvalue weighted by atomic mass is 9.71. The molecular weight excluding hydrogens is 262 g/mol. The molecule has 0 saturated heterocycles. The molecule has 2 aliphatic rings. The summed E-state index contributed by atoms with van der Waals surface area (Å²) in [6.07, 6.45) is 4.53. The predicted molar refractivity (Wildman–Crippen MR) is 84.9 cm³/mol. The van der Waals surface area contributed by atoms with Gasteiger partial charge in [-0.05, 0) is 54.7 Å². The van der Waals surface area contributed by atoms with E-state index in [0.717, 1.165) is 49.4 Å². The molecule has 1 fully saturated rings. The van der Waals surface area contributed by atoms with E-state index in [-0.39, 0.29) is 6.04 Å². The van der Waals surface area contributed by atoms with E-state index >= 15 is 0 Å². The van der Waals surface area contributed by atoms with Gasteiger partial charge in [0, 0.05) is 12.5 Å². The lowest BCUT2D eigenvalue weighted by molar-refractivity contribution is 0.232. The van der Waals surface area contributed by atoms with E-state index in [0.29, 0.717) is 5.92 Å². The van der Waals surface area contributed by atoms with Crippen molar-refractivity contribution >= 4 is 0 Å². The molecule has 3 heteroatoms. The van der Waals surface area contributed by atoms with Crippen LogP contribution in [0.5, 0.6) is 11.5 Å². The average Bonchev–Trinajstić information content (AvgIpc) is 2.72. The van der Waals surface area contributed by atoms with Gasteiger partial charge in [0.2, 0.25) is 0 Å². The molecule has 21 heavy (non-hydrogen) atoms. The molecule has 0 aromatic heterocycles. The van der Waals surface area contributed by atoms with Gasteiger partial charge in [-0.1, -0.05) is 19.9 Å². The molecule has 116 valence electrons. The molecule has 1 heterocycles. The van der Waals surface area contributed by atoms with Gasteiger partial charge in [0.05, 0.1) is 13.2 Å². The Hall–Kier alpha value is -1.22. The highest BCUT2D eigenvalue weighted by atomic mass is 16.5. The van der Waals surface area contributed by atoms with Gasteiger partial charge in [0.1, 0.15) is 0 Å². The van der Waals surface area contributed by atoms with Crippen LogP contribution in [0.3, 0.4) is 0 Å². The molecule has 0 bridgehead atoms. The first-order chi connectivity index (χ1) is 10.1. The Kier molecular flexibility index (Phi) is 4.39. The van der Waals surface area contributed by atoms with Crippen molar-refractivity contribution in [1.29, 1.82) is 0 Å². The minimum absolute atomic E-state index is 0.268. The number of benzene rings is 1. The molecule has 1 aromatic rings. The molecule has 0 amide bonds. The van der Waals surface area contributed by atoms with E-state index in [1.807, 2.05) is 0 Å².